The Hall–Kier alpha value is -0.940. The third kappa shape index (κ3) is 4.91. The van der Waals surface area contributed by atoms with Gasteiger partial charge in [-0.05, 0) is 23.5 Å². The average Bonchev–Trinajstić information content (AvgIpc) is 2.36. The van der Waals surface area contributed by atoms with Crippen LogP contribution < -0.4 is 0 Å². The van der Waals surface area contributed by atoms with Crippen molar-refractivity contribution in [3.05, 3.63) is 41.3 Å². The van der Waals surface area contributed by atoms with Gasteiger partial charge in [-0.1, -0.05) is 49.9 Å². The first-order chi connectivity index (χ1) is 8.86. The van der Waals surface area contributed by atoms with E-state index in [-0.39, 0.29) is 0 Å². The Morgan fingerprint density at radius 2 is 1.89 bits per heavy atom. The molecule has 5 heteroatoms. The molecular formula is C14H17F3OS. The number of allylic oxidation sites excluding steroid dienone is 1. The van der Waals surface area contributed by atoms with E-state index in [1.54, 1.807) is 6.08 Å². The van der Waals surface area contributed by atoms with Crippen LogP contribution in [0.25, 0.3) is 0 Å². The van der Waals surface area contributed by atoms with E-state index in [0.29, 0.717) is 11.3 Å². The smallest absolute Gasteiger partial charge is 0.383 e. The van der Waals surface area contributed by atoms with Gasteiger partial charge in [0.25, 0.3) is 0 Å². The van der Waals surface area contributed by atoms with Crippen LogP contribution >= 0.6 is 11.8 Å². The van der Waals surface area contributed by atoms with Gasteiger partial charge in [-0.15, -0.1) is 0 Å². The maximum Gasteiger partial charge on any atom is 0.414 e. The summed E-state index contributed by atoms with van der Waals surface area (Å²) in [6.07, 6.45) is -4.56. The topological polar surface area (TPSA) is 20.2 Å². The van der Waals surface area contributed by atoms with Crippen LogP contribution in [0.1, 0.15) is 20.3 Å². The lowest BCUT2D eigenvalue weighted by Gasteiger charge is -2.23. The van der Waals surface area contributed by atoms with Crippen LogP contribution in [0.3, 0.4) is 0 Å². The summed E-state index contributed by atoms with van der Waals surface area (Å²) in [5.74, 6) is -0.967. The lowest BCUT2D eigenvalue weighted by Crippen LogP contribution is -2.35. The third-order valence-corrected chi connectivity index (χ3v) is 3.92. The van der Waals surface area contributed by atoms with Crippen LogP contribution in [0.5, 0.6) is 0 Å². The van der Waals surface area contributed by atoms with Crippen molar-refractivity contribution in [2.45, 2.75) is 37.4 Å². The van der Waals surface area contributed by atoms with E-state index in [9.17, 15) is 18.3 Å². The van der Waals surface area contributed by atoms with E-state index in [0.717, 1.165) is 4.90 Å². The summed E-state index contributed by atoms with van der Waals surface area (Å²) in [5.41, 5.74) is 0. The van der Waals surface area contributed by atoms with Crippen molar-refractivity contribution in [1.29, 1.82) is 0 Å². The summed E-state index contributed by atoms with van der Waals surface area (Å²) >= 11 is 1.27. The molecule has 1 N–H and O–H groups in total. The molecule has 19 heavy (non-hydrogen) atoms. The van der Waals surface area contributed by atoms with E-state index in [4.69, 9.17) is 0 Å². The van der Waals surface area contributed by atoms with Crippen molar-refractivity contribution >= 4 is 11.8 Å². The molecule has 0 spiro atoms. The molecule has 0 fully saturated rings. The molecule has 0 heterocycles. The summed E-state index contributed by atoms with van der Waals surface area (Å²) in [7, 11) is 0. The highest BCUT2D eigenvalue weighted by atomic mass is 32.2. The Balaban J connectivity index is 2.87. The van der Waals surface area contributed by atoms with Gasteiger partial charge in [0, 0.05) is 10.8 Å². The Morgan fingerprint density at radius 1 is 1.32 bits per heavy atom. The molecule has 0 bridgehead atoms. The van der Waals surface area contributed by atoms with Gasteiger partial charge in [-0.3, -0.25) is 0 Å². The van der Waals surface area contributed by atoms with Crippen molar-refractivity contribution in [2.75, 3.05) is 0 Å². The van der Waals surface area contributed by atoms with Crippen LogP contribution in [0, 0.1) is 5.92 Å². The molecule has 0 aliphatic heterocycles. The molecule has 1 aromatic rings. The number of thioether (sulfide) groups is 1. The molecule has 0 saturated carbocycles. The van der Waals surface area contributed by atoms with Gasteiger partial charge in [0.2, 0.25) is 0 Å². The first-order valence-electron chi connectivity index (χ1n) is 6.04. The van der Waals surface area contributed by atoms with E-state index >= 15 is 0 Å². The van der Waals surface area contributed by atoms with Crippen LogP contribution in [0.15, 0.2) is 46.2 Å². The maximum atomic E-state index is 12.6. The van der Waals surface area contributed by atoms with Crippen LogP contribution in [0.4, 0.5) is 13.2 Å². The molecule has 0 aliphatic carbocycles. The van der Waals surface area contributed by atoms with Crippen molar-refractivity contribution < 1.29 is 18.3 Å². The van der Waals surface area contributed by atoms with Gasteiger partial charge < -0.3 is 5.11 Å². The minimum absolute atomic E-state index is 0.540. The molecule has 0 radical (unpaired) electrons. The van der Waals surface area contributed by atoms with E-state index in [1.807, 2.05) is 37.3 Å². The number of aliphatic hydroxyl groups excluding tert-OH is 1. The first-order valence-corrected chi connectivity index (χ1v) is 6.85. The summed E-state index contributed by atoms with van der Waals surface area (Å²) in [4.78, 5) is 1.40. The SMILES string of the molecule is CC/C=C(/Sc1ccccc1)[C@@H](C)[C@@H](O)C(F)(F)F. The average molecular weight is 290 g/mol. The number of hydrogen-bond donors (Lipinski definition) is 1. The number of rotatable bonds is 5. The number of aliphatic hydroxyl groups is 1. The fraction of sp³-hybridized carbons (Fsp3) is 0.429. The van der Waals surface area contributed by atoms with Crippen LogP contribution in [0.2, 0.25) is 0 Å². The number of hydrogen-bond acceptors (Lipinski definition) is 2. The van der Waals surface area contributed by atoms with E-state index in [1.165, 1.54) is 18.7 Å². The Kier molecular flexibility index (Phi) is 5.94. The zero-order valence-corrected chi connectivity index (χ0v) is 11.6. The predicted molar refractivity (Wildman–Crippen MR) is 71.9 cm³/mol. The fourth-order valence-corrected chi connectivity index (χ4v) is 2.72. The summed E-state index contributed by atoms with van der Waals surface area (Å²) < 4.78 is 37.7. The summed E-state index contributed by atoms with van der Waals surface area (Å²) in [5, 5.41) is 9.35. The molecule has 1 nitrogen and oxygen atoms in total. The second-order valence-corrected chi connectivity index (χ2v) is 5.35. The Labute approximate surface area is 115 Å². The number of alkyl halides is 3. The van der Waals surface area contributed by atoms with Crippen molar-refractivity contribution in [1.82, 2.24) is 0 Å². The van der Waals surface area contributed by atoms with Crippen molar-refractivity contribution in [3.63, 3.8) is 0 Å². The highest BCUT2D eigenvalue weighted by Crippen LogP contribution is 2.37. The van der Waals surface area contributed by atoms with Gasteiger partial charge in [-0.2, -0.15) is 13.2 Å². The monoisotopic (exact) mass is 290 g/mol. The largest absolute Gasteiger partial charge is 0.414 e. The van der Waals surface area contributed by atoms with Crippen LogP contribution in [-0.2, 0) is 0 Å². The summed E-state index contributed by atoms with van der Waals surface area (Å²) in [6, 6.07) is 9.18. The number of halogens is 3. The third-order valence-electron chi connectivity index (χ3n) is 2.64. The molecule has 0 aromatic heterocycles. The van der Waals surface area contributed by atoms with E-state index < -0.39 is 18.2 Å². The lowest BCUT2D eigenvalue weighted by molar-refractivity contribution is -0.213. The zero-order chi connectivity index (χ0) is 14.5. The number of benzene rings is 1. The Morgan fingerprint density at radius 3 is 2.37 bits per heavy atom. The molecular weight excluding hydrogens is 273 g/mol. The van der Waals surface area contributed by atoms with Crippen LogP contribution in [-0.4, -0.2) is 17.4 Å². The standard InChI is InChI=1S/C14H17F3OS/c1-3-7-12(10(2)13(18)14(15,16)17)19-11-8-5-4-6-9-11/h4-10,13,18H,3H2,1-2H3/b12-7+/t10-,13-/m1/s1. The highest BCUT2D eigenvalue weighted by Gasteiger charge is 2.42. The normalized spacial score (nSPS) is 16.2. The minimum Gasteiger partial charge on any atom is -0.383 e. The lowest BCUT2D eigenvalue weighted by atomic mass is 10.0. The van der Waals surface area contributed by atoms with Gasteiger partial charge in [0.05, 0.1) is 0 Å². The highest BCUT2D eigenvalue weighted by molar-refractivity contribution is 8.03. The fourth-order valence-electron chi connectivity index (χ4n) is 1.59. The second-order valence-electron chi connectivity index (χ2n) is 4.20. The van der Waals surface area contributed by atoms with Crippen molar-refractivity contribution in [3.8, 4) is 0 Å². The molecule has 0 amide bonds. The maximum absolute atomic E-state index is 12.6. The summed E-state index contributed by atoms with van der Waals surface area (Å²) in [6.45, 7) is 3.26. The van der Waals surface area contributed by atoms with E-state index in [2.05, 4.69) is 0 Å². The second kappa shape index (κ2) is 7.01. The molecule has 0 aliphatic rings. The minimum atomic E-state index is -4.59. The Bertz CT molecular complexity index is 414. The predicted octanol–water partition coefficient (Wildman–Crippen LogP) is 4.63. The zero-order valence-electron chi connectivity index (χ0n) is 10.8. The molecule has 1 aromatic carbocycles. The van der Waals surface area contributed by atoms with Crippen molar-refractivity contribution in [2.24, 2.45) is 5.92 Å². The molecule has 106 valence electrons. The molecule has 2 atom stereocenters. The van der Waals surface area contributed by atoms with Gasteiger partial charge in [0.1, 0.15) is 0 Å². The quantitative estimate of drug-likeness (QED) is 0.798. The van der Waals surface area contributed by atoms with Gasteiger partial charge >= 0.3 is 6.18 Å². The first kappa shape index (κ1) is 16.1. The molecule has 0 unspecified atom stereocenters. The van der Waals surface area contributed by atoms with Gasteiger partial charge in [0.15, 0.2) is 6.10 Å². The molecule has 1 rings (SSSR count). The van der Waals surface area contributed by atoms with Gasteiger partial charge in [-0.25, -0.2) is 0 Å². The molecule has 0 saturated heterocycles.